The molecule has 0 aliphatic rings. The third-order valence-corrected chi connectivity index (χ3v) is 3.61. The van der Waals surface area contributed by atoms with Crippen molar-refractivity contribution in [2.24, 2.45) is 0 Å². The van der Waals surface area contributed by atoms with E-state index in [-0.39, 0.29) is 5.69 Å². The van der Waals surface area contributed by atoms with Gasteiger partial charge in [0.2, 0.25) is 0 Å². The fourth-order valence-electron chi connectivity index (χ4n) is 1.88. The van der Waals surface area contributed by atoms with E-state index in [0.717, 1.165) is 34.3 Å². The Kier molecular flexibility index (Phi) is 5.28. The lowest BCUT2D eigenvalue weighted by molar-refractivity contribution is -0.137. The first-order chi connectivity index (χ1) is 11.2. The van der Waals surface area contributed by atoms with E-state index in [9.17, 15) is 22.8 Å². The quantitative estimate of drug-likeness (QED) is 0.736. The molecule has 2 N–H and O–H groups in total. The zero-order chi connectivity index (χ0) is 17.9. The number of alkyl halides is 3. The number of nitrogens with one attached hydrogen (secondary N) is 2. The highest BCUT2D eigenvalue weighted by Gasteiger charge is 2.30. The van der Waals surface area contributed by atoms with Gasteiger partial charge in [0.25, 0.3) is 0 Å². The first kappa shape index (κ1) is 18.0. The topological polar surface area (TPSA) is 58.2 Å². The molecule has 2 aromatic rings. The normalized spacial score (nSPS) is 11.0. The molecule has 0 aliphatic carbocycles. The van der Waals surface area contributed by atoms with E-state index < -0.39 is 23.6 Å². The number of carbonyl (C=O) groups excluding carboxylic acids is 2. The molecule has 0 saturated carbocycles. The van der Waals surface area contributed by atoms with Gasteiger partial charge in [-0.1, -0.05) is 15.9 Å². The zero-order valence-electron chi connectivity index (χ0n) is 12.4. The summed E-state index contributed by atoms with van der Waals surface area (Å²) in [4.78, 5) is 23.7. The van der Waals surface area contributed by atoms with Crippen LogP contribution in [0.1, 0.15) is 11.1 Å². The molecule has 2 aromatic carbocycles. The summed E-state index contributed by atoms with van der Waals surface area (Å²) in [6.07, 6.45) is -4.46. The molecule has 8 heteroatoms. The zero-order valence-corrected chi connectivity index (χ0v) is 14.0. The molecule has 0 saturated heterocycles. The summed E-state index contributed by atoms with van der Waals surface area (Å²) in [5.74, 6) is -1.89. The second kappa shape index (κ2) is 7.04. The Morgan fingerprint density at radius 3 is 2.08 bits per heavy atom. The third kappa shape index (κ3) is 4.58. The SMILES string of the molecule is Cc1cc(Br)ccc1NC(=O)C(=O)Nc1ccc(C(F)(F)F)cc1. The van der Waals surface area contributed by atoms with Crippen LogP contribution in [0, 0.1) is 6.92 Å². The van der Waals surface area contributed by atoms with E-state index in [1.54, 1.807) is 25.1 Å². The largest absolute Gasteiger partial charge is 0.416 e. The van der Waals surface area contributed by atoms with Crippen molar-refractivity contribution in [3.05, 3.63) is 58.1 Å². The standard InChI is InChI=1S/C16H12BrF3N2O2/c1-9-8-11(17)4-7-13(9)22-15(24)14(23)21-12-5-2-10(3-6-12)16(18,19)20/h2-8H,1H3,(H,21,23)(H,22,24). The summed E-state index contributed by atoms with van der Waals surface area (Å²) in [5.41, 5.74) is 0.469. The molecule has 2 rings (SSSR count). The summed E-state index contributed by atoms with van der Waals surface area (Å²) in [6, 6.07) is 8.92. The summed E-state index contributed by atoms with van der Waals surface area (Å²) in [6.45, 7) is 1.76. The predicted octanol–water partition coefficient (Wildman–Crippen LogP) is 4.35. The number of carbonyl (C=O) groups is 2. The molecule has 2 amide bonds. The molecule has 0 bridgehead atoms. The van der Waals surface area contributed by atoms with Crippen molar-refractivity contribution in [3.63, 3.8) is 0 Å². The van der Waals surface area contributed by atoms with Gasteiger partial charge in [0.15, 0.2) is 0 Å². The molecule has 126 valence electrons. The molecule has 4 nitrogen and oxygen atoms in total. The van der Waals surface area contributed by atoms with E-state index >= 15 is 0 Å². The van der Waals surface area contributed by atoms with Crippen molar-refractivity contribution in [1.29, 1.82) is 0 Å². The number of hydrogen-bond acceptors (Lipinski definition) is 2. The minimum atomic E-state index is -4.46. The van der Waals surface area contributed by atoms with Crippen molar-refractivity contribution in [3.8, 4) is 0 Å². The van der Waals surface area contributed by atoms with Crippen LogP contribution in [0.25, 0.3) is 0 Å². The van der Waals surface area contributed by atoms with Gasteiger partial charge < -0.3 is 10.6 Å². The van der Waals surface area contributed by atoms with Gasteiger partial charge in [-0.3, -0.25) is 9.59 Å². The smallest absolute Gasteiger partial charge is 0.318 e. The Labute approximate surface area is 144 Å². The fourth-order valence-corrected chi connectivity index (χ4v) is 2.35. The minimum Gasteiger partial charge on any atom is -0.318 e. The Balaban J connectivity index is 2.02. The van der Waals surface area contributed by atoms with Crippen molar-refractivity contribution < 1.29 is 22.8 Å². The lowest BCUT2D eigenvalue weighted by atomic mass is 10.2. The Morgan fingerprint density at radius 1 is 0.958 bits per heavy atom. The first-order valence-corrected chi connectivity index (χ1v) is 7.52. The van der Waals surface area contributed by atoms with Gasteiger partial charge in [0.1, 0.15) is 0 Å². The van der Waals surface area contributed by atoms with E-state index in [1.807, 2.05) is 0 Å². The second-order valence-electron chi connectivity index (χ2n) is 4.94. The molecule has 0 radical (unpaired) electrons. The van der Waals surface area contributed by atoms with Crippen LogP contribution in [-0.4, -0.2) is 11.8 Å². The Hall–Kier alpha value is -2.35. The number of hydrogen-bond donors (Lipinski definition) is 2. The van der Waals surface area contributed by atoms with Crippen LogP contribution in [0.2, 0.25) is 0 Å². The van der Waals surface area contributed by atoms with Crippen LogP contribution in [0.15, 0.2) is 46.9 Å². The highest BCUT2D eigenvalue weighted by Crippen LogP contribution is 2.29. The number of amides is 2. The van der Waals surface area contributed by atoms with Gasteiger partial charge in [0.05, 0.1) is 5.56 Å². The number of aryl methyl sites for hydroxylation is 1. The van der Waals surface area contributed by atoms with E-state index in [1.165, 1.54) is 0 Å². The third-order valence-electron chi connectivity index (χ3n) is 3.11. The molecular weight excluding hydrogens is 389 g/mol. The molecule has 0 aliphatic heterocycles. The molecule has 0 fully saturated rings. The van der Waals surface area contributed by atoms with Crippen LogP contribution in [0.5, 0.6) is 0 Å². The average Bonchev–Trinajstić information content (AvgIpc) is 2.49. The molecule has 0 unspecified atom stereocenters. The molecule has 0 aromatic heterocycles. The monoisotopic (exact) mass is 400 g/mol. The Bertz CT molecular complexity index is 774. The second-order valence-corrected chi connectivity index (χ2v) is 5.86. The average molecular weight is 401 g/mol. The summed E-state index contributed by atoms with van der Waals surface area (Å²) in [7, 11) is 0. The lowest BCUT2D eigenvalue weighted by Crippen LogP contribution is -2.29. The summed E-state index contributed by atoms with van der Waals surface area (Å²) in [5, 5.41) is 4.69. The summed E-state index contributed by atoms with van der Waals surface area (Å²) < 4.78 is 38.2. The van der Waals surface area contributed by atoms with Crippen LogP contribution in [0.3, 0.4) is 0 Å². The van der Waals surface area contributed by atoms with Crippen molar-refractivity contribution in [2.75, 3.05) is 10.6 Å². The van der Waals surface area contributed by atoms with E-state index in [2.05, 4.69) is 26.6 Å². The van der Waals surface area contributed by atoms with Crippen LogP contribution < -0.4 is 10.6 Å². The van der Waals surface area contributed by atoms with Gasteiger partial charge >= 0.3 is 18.0 Å². The van der Waals surface area contributed by atoms with Crippen molar-refractivity contribution >= 4 is 39.1 Å². The maximum Gasteiger partial charge on any atom is 0.416 e. The number of anilines is 2. The minimum absolute atomic E-state index is 0.0932. The van der Waals surface area contributed by atoms with Gasteiger partial charge in [-0.15, -0.1) is 0 Å². The molecule has 0 atom stereocenters. The molecular formula is C16H12BrF3N2O2. The van der Waals surface area contributed by atoms with Crippen molar-refractivity contribution in [2.45, 2.75) is 13.1 Å². The fraction of sp³-hybridized carbons (Fsp3) is 0.125. The molecule has 0 heterocycles. The lowest BCUT2D eigenvalue weighted by Gasteiger charge is -2.10. The van der Waals surface area contributed by atoms with Gasteiger partial charge in [-0.05, 0) is 55.0 Å². The van der Waals surface area contributed by atoms with Crippen LogP contribution in [-0.2, 0) is 15.8 Å². The molecule has 24 heavy (non-hydrogen) atoms. The predicted molar refractivity (Wildman–Crippen MR) is 87.6 cm³/mol. The highest BCUT2D eigenvalue weighted by molar-refractivity contribution is 9.10. The Morgan fingerprint density at radius 2 is 1.54 bits per heavy atom. The number of halogens is 4. The van der Waals surface area contributed by atoms with Gasteiger partial charge in [-0.25, -0.2) is 0 Å². The number of rotatable bonds is 2. The summed E-state index contributed by atoms with van der Waals surface area (Å²) >= 11 is 3.28. The van der Waals surface area contributed by atoms with Crippen LogP contribution >= 0.6 is 15.9 Å². The molecule has 0 spiro atoms. The number of benzene rings is 2. The van der Waals surface area contributed by atoms with Crippen LogP contribution in [0.4, 0.5) is 24.5 Å². The van der Waals surface area contributed by atoms with Gasteiger partial charge in [0, 0.05) is 15.8 Å². The maximum absolute atomic E-state index is 12.5. The van der Waals surface area contributed by atoms with Crippen molar-refractivity contribution in [1.82, 2.24) is 0 Å². The van der Waals surface area contributed by atoms with E-state index in [0.29, 0.717) is 5.69 Å². The van der Waals surface area contributed by atoms with E-state index in [4.69, 9.17) is 0 Å². The van der Waals surface area contributed by atoms with Gasteiger partial charge in [-0.2, -0.15) is 13.2 Å². The first-order valence-electron chi connectivity index (χ1n) is 6.72. The highest BCUT2D eigenvalue weighted by atomic mass is 79.9. The maximum atomic E-state index is 12.5.